The van der Waals surface area contributed by atoms with Gasteiger partial charge in [0, 0.05) is 26.0 Å². The first kappa shape index (κ1) is 9.77. The first-order valence-corrected chi connectivity index (χ1v) is 4.61. The fourth-order valence-electron chi connectivity index (χ4n) is 1.03. The second-order valence-electron chi connectivity index (χ2n) is 2.78. The molecule has 0 unspecified atom stereocenters. The van der Waals surface area contributed by atoms with E-state index in [1.54, 1.807) is 12.4 Å². The van der Waals surface area contributed by atoms with Gasteiger partial charge in [-0.25, -0.2) is 9.97 Å². The Balaban J connectivity index is 2.54. The van der Waals surface area contributed by atoms with Crippen LogP contribution in [0.5, 0.6) is 0 Å². The number of rotatable bonds is 5. The lowest BCUT2D eigenvalue weighted by atomic mass is 10.3. The third-order valence-corrected chi connectivity index (χ3v) is 1.76. The molecular formula is C9H16N4. The molecule has 2 N–H and O–H groups in total. The van der Waals surface area contributed by atoms with E-state index < -0.39 is 0 Å². The standard InChI is InChI=1S/C9H16N4/c1-3-4-5-11-9-8(10-2)12-6-7-13-9/h6-7H,3-5H2,1-2H3,(H,10,12)(H,11,13). The van der Waals surface area contributed by atoms with E-state index in [2.05, 4.69) is 27.5 Å². The third-order valence-electron chi connectivity index (χ3n) is 1.76. The van der Waals surface area contributed by atoms with Gasteiger partial charge in [0.05, 0.1) is 0 Å². The van der Waals surface area contributed by atoms with E-state index in [4.69, 9.17) is 0 Å². The lowest BCUT2D eigenvalue weighted by Crippen LogP contribution is -2.06. The number of aromatic nitrogens is 2. The Bertz CT molecular complexity index is 249. The summed E-state index contributed by atoms with van der Waals surface area (Å²) in [5.74, 6) is 1.64. The van der Waals surface area contributed by atoms with Crippen LogP contribution in [0.3, 0.4) is 0 Å². The van der Waals surface area contributed by atoms with E-state index in [-0.39, 0.29) is 0 Å². The van der Waals surface area contributed by atoms with E-state index in [0.29, 0.717) is 0 Å². The average molecular weight is 180 g/mol. The summed E-state index contributed by atoms with van der Waals surface area (Å²) in [6.45, 7) is 3.11. The molecule has 1 aromatic rings. The van der Waals surface area contributed by atoms with Gasteiger partial charge in [-0.3, -0.25) is 0 Å². The van der Waals surface area contributed by atoms with Crippen molar-refractivity contribution in [2.45, 2.75) is 19.8 Å². The quantitative estimate of drug-likeness (QED) is 0.677. The maximum atomic E-state index is 4.19. The topological polar surface area (TPSA) is 49.8 Å². The van der Waals surface area contributed by atoms with Crippen LogP contribution in [-0.4, -0.2) is 23.6 Å². The summed E-state index contributed by atoms with van der Waals surface area (Å²) < 4.78 is 0. The van der Waals surface area contributed by atoms with E-state index in [1.807, 2.05) is 7.05 Å². The molecule has 0 aromatic carbocycles. The minimum absolute atomic E-state index is 0.804. The molecule has 0 amide bonds. The fourth-order valence-corrected chi connectivity index (χ4v) is 1.03. The number of unbranched alkanes of at least 4 members (excludes halogenated alkanes) is 1. The highest BCUT2D eigenvalue weighted by atomic mass is 15.1. The fraction of sp³-hybridized carbons (Fsp3) is 0.556. The molecule has 0 bridgehead atoms. The zero-order valence-electron chi connectivity index (χ0n) is 8.17. The van der Waals surface area contributed by atoms with Gasteiger partial charge in [-0.1, -0.05) is 13.3 Å². The molecule has 4 nitrogen and oxygen atoms in total. The molecule has 13 heavy (non-hydrogen) atoms. The molecule has 72 valence electrons. The summed E-state index contributed by atoms with van der Waals surface area (Å²) in [5, 5.41) is 6.22. The smallest absolute Gasteiger partial charge is 0.169 e. The Hall–Kier alpha value is -1.32. The highest BCUT2D eigenvalue weighted by Crippen LogP contribution is 2.12. The van der Waals surface area contributed by atoms with Gasteiger partial charge in [0.2, 0.25) is 0 Å². The van der Waals surface area contributed by atoms with Crippen LogP contribution in [0.1, 0.15) is 19.8 Å². The molecule has 0 aliphatic carbocycles. The zero-order chi connectivity index (χ0) is 9.52. The molecule has 0 aliphatic heterocycles. The maximum Gasteiger partial charge on any atom is 0.169 e. The second kappa shape index (κ2) is 5.35. The van der Waals surface area contributed by atoms with Crippen molar-refractivity contribution in [3.05, 3.63) is 12.4 Å². The van der Waals surface area contributed by atoms with Crippen molar-refractivity contribution in [1.29, 1.82) is 0 Å². The predicted octanol–water partition coefficient (Wildman–Crippen LogP) is 1.73. The third kappa shape index (κ3) is 2.89. The molecule has 1 heterocycles. The maximum absolute atomic E-state index is 4.19. The van der Waals surface area contributed by atoms with Crippen molar-refractivity contribution >= 4 is 11.6 Å². The number of hydrogen-bond acceptors (Lipinski definition) is 4. The molecule has 0 aliphatic rings. The predicted molar refractivity (Wildman–Crippen MR) is 55.0 cm³/mol. The van der Waals surface area contributed by atoms with Crippen LogP contribution in [0.4, 0.5) is 11.6 Å². The van der Waals surface area contributed by atoms with Gasteiger partial charge in [-0.15, -0.1) is 0 Å². The first-order valence-electron chi connectivity index (χ1n) is 4.61. The van der Waals surface area contributed by atoms with Crippen LogP contribution in [-0.2, 0) is 0 Å². The van der Waals surface area contributed by atoms with Gasteiger partial charge < -0.3 is 10.6 Å². The Labute approximate surface area is 78.8 Å². The van der Waals surface area contributed by atoms with Crippen molar-refractivity contribution in [1.82, 2.24) is 9.97 Å². The van der Waals surface area contributed by atoms with Gasteiger partial charge in [0.15, 0.2) is 11.6 Å². The van der Waals surface area contributed by atoms with Gasteiger partial charge >= 0.3 is 0 Å². The van der Waals surface area contributed by atoms with Crippen LogP contribution in [0.15, 0.2) is 12.4 Å². The monoisotopic (exact) mass is 180 g/mol. The number of nitrogens with zero attached hydrogens (tertiary/aromatic N) is 2. The lowest BCUT2D eigenvalue weighted by molar-refractivity contribution is 0.830. The minimum Gasteiger partial charge on any atom is -0.370 e. The van der Waals surface area contributed by atoms with Gasteiger partial charge in [-0.2, -0.15) is 0 Å². The van der Waals surface area contributed by atoms with Crippen molar-refractivity contribution in [2.24, 2.45) is 0 Å². The highest BCUT2D eigenvalue weighted by molar-refractivity contribution is 5.57. The number of nitrogens with one attached hydrogen (secondary N) is 2. The van der Waals surface area contributed by atoms with Crippen molar-refractivity contribution in [3.8, 4) is 0 Å². The summed E-state index contributed by atoms with van der Waals surface area (Å²) in [7, 11) is 1.84. The summed E-state index contributed by atoms with van der Waals surface area (Å²) >= 11 is 0. The molecule has 1 aromatic heterocycles. The first-order chi connectivity index (χ1) is 6.38. The Kier molecular flexibility index (Phi) is 4.02. The van der Waals surface area contributed by atoms with Gasteiger partial charge in [-0.05, 0) is 6.42 Å². The lowest BCUT2D eigenvalue weighted by Gasteiger charge is -2.07. The average Bonchev–Trinajstić information content (AvgIpc) is 2.19. The molecule has 0 atom stereocenters. The highest BCUT2D eigenvalue weighted by Gasteiger charge is 1.99. The van der Waals surface area contributed by atoms with Crippen molar-refractivity contribution in [3.63, 3.8) is 0 Å². The molecule has 1 rings (SSSR count). The van der Waals surface area contributed by atoms with E-state index >= 15 is 0 Å². The SMILES string of the molecule is CCCCNc1nccnc1NC. The van der Waals surface area contributed by atoms with Crippen molar-refractivity contribution < 1.29 is 0 Å². The summed E-state index contributed by atoms with van der Waals surface area (Å²) in [6.07, 6.45) is 5.70. The van der Waals surface area contributed by atoms with E-state index in [0.717, 1.165) is 24.6 Å². The molecule has 0 spiro atoms. The second-order valence-corrected chi connectivity index (χ2v) is 2.78. The molecule has 0 radical (unpaired) electrons. The van der Waals surface area contributed by atoms with Crippen LogP contribution < -0.4 is 10.6 Å². The molecule has 0 saturated carbocycles. The summed E-state index contributed by atoms with van der Waals surface area (Å²) in [6, 6.07) is 0. The summed E-state index contributed by atoms with van der Waals surface area (Å²) in [5.41, 5.74) is 0. The van der Waals surface area contributed by atoms with Gasteiger partial charge in [0.25, 0.3) is 0 Å². The molecule has 0 saturated heterocycles. The van der Waals surface area contributed by atoms with Gasteiger partial charge in [0.1, 0.15) is 0 Å². The Morgan fingerprint density at radius 1 is 1.23 bits per heavy atom. The van der Waals surface area contributed by atoms with Crippen molar-refractivity contribution in [2.75, 3.05) is 24.2 Å². The minimum atomic E-state index is 0.804. The Morgan fingerprint density at radius 2 is 1.92 bits per heavy atom. The number of anilines is 2. The van der Waals surface area contributed by atoms with Crippen LogP contribution >= 0.6 is 0 Å². The number of hydrogen-bond donors (Lipinski definition) is 2. The van der Waals surface area contributed by atoms with E-state index in [1.165, 1.54) is 6.42 Å². The largest absolute Gasteiger partial charge is 0.370 e. The summed E-state index contributed by atoms with van der Waals surface area (Å²) in [4.78, 5) is 8.33. The van der Waals surface area contributed by atoms with E-state index in [9.17, 15) is 0 Å². The Morgan fingerprint density at radius 3 is 2.54 bits per heavy atom. The molecular weight excluding hydrogens is 164 g/mol. The molecule has 4 heteroatoms. The normalized spacial score (nSPS) is 9.69. The van der Waals surface area contributed by atoms with Crippen LogP contribution in [0.2, 0.25) is 0 Å². The zero-order valence-corrected chi connectivity index (χ0v) is 8.17. The molecule has 0 fully saturated rings. The van der Waals surface area contributed by atoms with Crippen LogP contribution in [0.25, 0.3) is 0 Å². The van der Waals surface area contributed by atoms with Crippen LogP contribution in [0, 0.1) is 0 Å².